The number of aromatic amines is 1. The lowest BCUT2D eigenvalue weighted by molar-refractivity contribution is -0.140. The van der Waals surface area contributed by atoms with Crippen molar-refractivity contribution in [3.8, 4) is 5.75 Å². The van der Waals surface area contributed by atoms with Gasteiger partial charge in [-0.1, -0.05) is 6.07 Å². The van der Waals surface area contributed by atoms with Crippen LogP contribution in [0.2, 0.25) is 0 Å². The van der Waals surface area contributed by atoms with Crippen molar-refractivity contribution in [2.24, 2.45) is 0 Å². The van der Waals surface area contributed by atoms with Gasteiger partial charge in [0.05, 0.1) is 20.8 Å². The second-order valence-corrected chi connectivity index (χ2v) is 6.91. The number of nitrogen functional groups attached to an aromatic ring is 1. The molecule has 3 N–H and O–H groups in total. The Morgan fingerprint density at radius 1 is 1.19 bits per heavy atom. The van der Waals surface area contributed by atoms with Crippen molar-refractivity contribution in [1.82, 2.24) is 9.29 Å². The van der Waals surface area contributed by atoms with Crippen LogP contribution in [0.25, 0.3) is 10.9 Å². The second kappa shape index (κ2) is 8.16. The zero-order valence-electron chi connectivity index (χ0n) is 14.7. The molecule has 0 bridgehead atoms. The van der Waals surface area contributed by atoms with E-state index in [2.05, 4.69) is 4.98 Å². The predicted octanol–water partition coefficient (Wildman–Crippen LogP) is 3.44. The molecule has 0 fully saturated rings. The first-order valence-electron chi connectivity index (χ1n) is 8.09. The van der Waals surface area contributed by atoms with Crippen LogP contribution in [0, 0.1) is 0 Å². The Balaban J connectivity index is 1.79. The summed E-state index contributed by atoms with van der Waals surface area (Å²) < 4.78 is 11.9. The van der Waals surface area contributed by atoms with E-state index in [-0.39, 0.29) is 12.5 Å². The van der Waals surface area contributed by atoms with Gasteiger partial charge in [0.25, 0.3) is 0 Å². The molecule has 0 atom stereocenters. The van der Waals surface area contributed by atoms with Crippen LogP contribution in [0.5, 0.6) is 5.75 Å². The van der Waals surface area contributed by atoms with Crippen LogP contribution in [0.1, 0.15) is 5.69 Å². The lowest BCUT2D eigenvalue weighted by Crippen LogP contribution is -2.24. The monoisotopic (exact) mass is 371 g/mol. The van der Waals surface area contributed by atoms with Crippen molar-refractivity contribution in [3.63, 3.8) is 0 Å². The Morgan fingerprint density at radius 3 is 2.62 bits per heavy atom. The van der Waals surface area contributed by atoms with E-state index < -0.39 is 0 Å². The number of fused-ring (bicyclic) bond motifs is 1. The van der Waals surface area contributed by atoms with E-state index in [0.717, 1.165) is 32.9 Å². The first-order valence-corrected chi connectivity index (χ1v) is 8.86. The molecule has 0 unspecified atom stereocenters. The van der Waals surface area contributed by atoms with E-state index in [1.807, 2.05) is 52.8 Å². The van der Waals surface area contributed by atoms with E-state index >= 15 is 0 Å². The van der Waals surface area contributed by atoms with Gasteiger partial charge in [-0.25, -0.2) is 4.31 Å². The number of carbonyl (C=O) groups excluding carboxylic acids is 1. The molecule has 0 saturated carbocycles. The quantitative estimate of drug-likeness (QED) is 0.376. The van der Waals surface area contributed by atoms with Crippen LogP contribution in [-0.2, 0) is 16.1 Å². The molecule has 3 rings (SSSR count). The smallest absolute Gasteiger partial charge is 0.320 e. The maximum absolute atomic E-state index is 11.8. The summed E-state index contributed by atoms with van der Waals surface area (Å²) in [4.78, 5) is 16.2. The predicted molar refractivity (Wildman–Crippen MR) is 104 cm³/mol. The van der Waals surface area contributed by atoms with Gasteiger partial charge in [0.2, 0.25) is 0 Å². The summed E-state index contributed by atoms with van der Waals surface area (Å²) in [6.45, 7) is 0.706. The van der Waals surface area contributed by atoms with Crippen molar-refractivity contribution < 1.29 is 14.3 Å². The van der Waals surface area contributed by atoms with Gasteiger partial charge < -0.3 is 20.2 Å². The van der Waals surface area contributed by atoms with Gasteiger partial charge in [-0.3, -0.25) is 4.79 Å². The highest BCUT2D eigenvalue weighted by Gasteiger charge is 2.15. The standard InChI is InChI=1S/C19H21N3O3S/c1-24-14-6-8-15(9-7-14)26-22(12-19(23)25-2)11-13-10-16-17(20)4-3-5-18(16)21-13/h3-10,21H,11-12,20H2,1-2H3. The maximum Gasteiger partial charge on any atom is 0.320 e. The Morgan fingerprint density at radius 2 is 1.96 bits per heavy atom. The maximum atomic E-state index is 11.8. The van der Waals surface area contributed by atoms with E-state index in [1.54, 1.807) is 7.11 Å². The topological polar surface area (TPSA) is 80.6 Å². The van der Waals surface area contributed by atoms with Crippen LogP contribution in [0.4, 0.5) is 5.69 Å². The van der Waals surface area contributed by atoms with Crippen LogP contribution in [0.15, 0.2) is 53.4 Å². The van der Waals surface area contributed by atoms with Gasteiger partial charge in [-0.05, 0) is 54.4 Å². The van der Waals surface area contributed by atoms with E-state index in [0.29, 0.717) is 6.54 Å². The minimum atomic E-state index is -0.290. The first-order chi connectivity index (χ1) is 12.6. The molecule has 0 aliphatic rings. The fourth-order valence-electron chi connectivity index (χ4n) is 2.63. The van der Waals surface area contributed by atoms with Crippen molar-refractivity contribution in [1.29, 1.82) is 0 Å². The number of anilines is 1. The normalized spacial score (nSPS) is 11.0. The third kappa shape index (κ3) is 4.30. The number of ether oxygens (including phenoxy) is 2. The molecule has 0 saturated heterocycles. The Bertz CT molecular complexity index is 893. The zero-order chi connectivity index (χ0) is 18.5. The third-order valence-corrected chi connectivity index (χ3v) is 4.93. The van der Waals surface area contributed by atoms with Crippen molar-refractivity contribution in [2.45, 2.75) is 11.4 Å². The average Bonchev–Trinajstić information content (AvgIpc) is 3.06. The molecule has 0 radical (unpaired) electrons. The van der Waals surface area contributed by atoms with Gasteiger partial charge in [0.15, 0.2) is 0 Å². The SMILES string of the molecule is COC(=O)CN(Cc1cc2c(N)cccc2[nH]1)Sc1ccc(OC)cc1. The molecule has 6 nitrogen and oxygen atoms in total. The van der Waals surface area contributed by atoms with E-state index in [1.165, 1.54) is 19.1 Å². The number of nitrogens with one attached hydrogen (secondary N) is 1. The lowest BCUT2D eigenvalue weighted by atomic mass is 10.2. The number of carbonyl (C=O) groups is 1. The van der Waals surface area contributed by atoms with E-state index in [4.69, 9.17) is 15.2 Å². The van der Waals surface area contributed by atoms with Crippen molar-refractivity contribution >= 4 is 34.5 Å². The molecule has 7 heteroatoms. The lowest BCUT2D eigenvalue weighted by Gasteiger charge is -2.19. The highest BCUT2D eigenvalue weighted by atomic mass is 32.2. The molecule has 0 spiro atoms. The fourth-order valence-corrected chi connectivity index (χ4v) is 3.56. The Labute approximate surface area is 156 Å². The average molecular weight is 371 g/mol. The largest absolute Gasteiger partial charge is 0.497 e. The third-order valence-electron chi connectivity index (χ3n) is 3.93. The number of benzene rings is 2. The number of nitrogens with two attached hydrogens (primary N) is 1. The minimum Gasteiger partial charge on any atom is -0.497 e. The number of H-pyrrole nitrogens is 1. The molecular weight excluding hydrogens is 350 g/mol. The van der Waals surface area contributed by atoms with Gasteiger partial charge >= 0.3 is 5.97 Å². The summed E-state index contributed by atoms with van der Waals surface area (Å²) in [6, 6.07) is 15.5. The summed E-state index contributed by atoms with van der Waals surface area (Å²) in [5.41, 5.74) is 8.71. The van der Waals surface area contributed by atoms with Gasteiger partial charge in [0.1, 0.15) is 12.3 Å². The summed E-state index contributed by atoms with van der Waals surface area (Å²) in [5.74, 6) is 0.501. The molecule has 26 heavy (non-hydrogen) atoms. The molecule has 3 aromatic rings. The molecule has 0 aliphatic heterocycles. The number of methoxy groups -OCH3 is 2. The molecule has 136 valence electrons. The highest BCUT2D eigenvalue weighted by Crippen LogP contribution is 2.28. The Kier molecular flexibility index (Phi) is 5.70. The molecular formula is C19H21N3O3S. The van der Waals surface area contributed by atoms with Gasteiger partial charge in [0, 0.05) is 27.2 Å². The first kappa shape index (κ1) is 18.2. The van der Waals surface area contributed by atoms with Gasteiger partial charge in [-0.2, -0.15) is 0 Å². The van der Waals surface area contributed by atoms with Crippen LogP contribution in [-0.4, -0.2) is 36.0 Å². The van der Waals surface area contributed by atoms with Crippen molar-refractivity contribution in [2.75, 3.05) is 26.5 Å². The number of rotatable bonds is 7. The molecule has 0 aliphatic carbocycles. The van der Waals surface area contributed by atoms with Crippen LogP contribution in [0.3, 0.4) is 0 Å². The summed E-state index contributed by atoms with van der Waals surface area (Å²) >= 11 is 1.49. The van der Waals surface area contributed by atoms with E-state index in [9.17, 15) is 4.79 Å². The molecule has 1 heterocycles. The second-order valence-electron chi connectivity index (χ2n) is 5.74. The molecule has 1 aromatic heterocycles. The Hall–Kier alpha value is -2.64. The van der Waals surface area contributed by atoms with Gasteiger partial charge in [-0.15, -0.1) is 0 Å². The minimum absolute atomic E-state index is 0.165. The van der Waals surface area contributed by atoms with Crippen molar-refractivity contribution in [3.05, 3.63) is 54.2 Å². The number of hydrogen-bond donors (Lipinski definition) is 2. The summed E-state index contributed by atoms with van der Waals surface area (Å²) in [6.07, 6.45) is 0. The van der Waals surface area contributed by atoms with Crippen LogP contribution >= 0.6 is 11.9 Å². The number of aromatic nitrogens is 1. The number of esters is 1. The summed E-state index contributed by atoms with van der Waals surface area (Å²) in [5, 5.41) is 0.981. The molecule has 2 aromatic carbocycles. The number of hydrogen-bond acceptors (Lipinski definition) is 6. The van der Waals surface area contributed by atoms with Crippen LogP contribution < -0.4 is 10.5 Å². The number of nitrogens with zero attached hydrogens (tertiary/aromatic N) is 1. The molecule has 0 amide bonds. The summed E-state index contributed by atoms with van der Waals surface area (Å²) in [7, 11) is 3.02. The highest BCUT2D eigenvalue weighted by molar-refractivity contribution is 7.97. The fraction of sp³-hybridized carbons (Fsp3) is 0.211. The zero-order valence-corrected chi connectivity index (χ0v) is 15.5.